The lowest BCUT2D eigenvalue weighted by Crippen LogP contribution is -1.96. The first-order valence-corrected chi connectivity index (χ1v) is 3.65. The van der Waals surface area contributed by atoms with E-state index in [0.717, 1.165) is 0 Å². The predicted octanol–water partition coefficient (Wildman–Crippen LogP) is 0.843. The van der Waals surface area contributed by atoms with Crippen molar-refractivity contribution in [3.8, 4) is 0 Å². The molecule has 1 aromatic carbocycles. The van der Waals surface area contributed by atoms with Gasteiger partial charge >= 0.3 is 5.97 Å². The van der Waals surface area contributed by atoms with Gasteiger partial charge in [0.05, 0.1) is 5.52 Å². The number of carboxylic acid groups (broad SMARTS) is 1. The highest BCUT2D eigenvalue weighted by molar-refractivity contribution is 6.01. The molecule has 0 unspecified atom stereocenters. The molecule has 0 saturated heterocycles. The molecule has 0 atom stereocenters. The van der Waals surface area contributed by atoms with Gasteiger partial charge in [-0.05, 0) is 18.2 Å². The van der Waals surface area contributed by atoms with Gasteiger partial charge in [-0.1, -0.05) is 0 Å². The molecule has 4 N–H and O–H groups in total. The maximum absolute atomic E-state index is 10.6. The number of nitrogen functional groups attached to an aromatic ring is 1. The van der Waals surface area contributed by atoms with Gasteiger partial charge < -0.3 is 10.8 Å². The quantitative estimate of drug-likeness (QED) is 0.563. The highest BCUT2D eigenvalue weighted by Crippen LogP contribution is 2.18. The van der Waals surface area contributed by atoms with E-state index in [-0.39, 0.29) is 5.69 Å². The summed E-state index contributed by atoms with van der Waals surface area (Å²) in [5.41, 5.74) is 6.75. The van der Waals surface area contributed by atoms with Crippen LogP contribution >= 0.6 is 0 Å². The summed E-state index contributed by atoms with van der Waals surface area (Å²) >= 11 is 0. The zero-order valence-electron chi connectivity index (χ0n) is 6.61. The van der Waals surface area contributed by atoms with Gasteiger partial charge in [0.25, 0.3) is 0 Å². The number of aromatic nitrogens is 2. The molecule has 66 valence electrons. The molecule has 0 saturated carbocycles. The first kappa shape index (κ1) is 7.60. The van der Waals surface area contributed by atoms with Crippen molar-refractivity contribution in [2.24, 2.45) is 0 Å². The van der Waals surface area contributed by atoms with Crippen LogP contribution in [0.25, 0.3) is 10.9 Å². The average Bonchev–Trinajstić information content (AvgIpc) is 2.46. The van der Waals surface area contributed by atoms with E-state index in [1.54, 1.807) is 18.2 Å². The lowest BCUT2D eigenvalue weighted by atomic mass is 10.2. The zero-order chi connectivity index (χ0) is 9.42. The summed E-state index contributed by atoms with van der Waals surface area (Å²) in [6.45, 7) is 0. The largest absolute Gasteiger partial charge is 0.476 e. The molecule has 0 fully saturated rings. The predicted molar refractivity (Wildman–Crippen MR) is 47.5 cm³/mol. The second-order valence-corrected chi connectivity index (χ2v) is 2.68. The van der Waals surface area contributed by atoms with E-state index < -0.39 is 5.97 Å². The number of carbonyl (C=O) groups is 1. The van der Waals surface area contributed by atoms with E-state index in [1.807, 2.05) is 0 Å². The molecule has 5 nitrogen and oxygen atoms in total. The molecular formula is C8H7N3O2. The molecule has 0 aliphatic carbocycles. The van der Waals surface area contributed by atoms with Crippen molar-refractivity contribution in [3.63, 3.8) is 0 Å². The first-order valence-electron chi connectivity index (χ1n) is 3.65. The Kier molecular flexibility index (Phi) is 1.45. The van der Waals surface area contributed by atoms with Crippen molar-refractivity contribution in [3.05, 3.63) is 23.9 Å². The Morgan fingerprint density at radius 2 is 2.31 bits per heavy atom. The third-order valence-corrected chi connectivity index (χ3v) is 1.79. The monoisotopic (exact) mass is 177 g/mol. The zero-order valence-corrected chi connectivity index (χ0v) is 6.61. The molecular weight excluding hydrogens is 170 g/mol. The number of fused-ring (bicyclic) bond motifs is 1. The van der Waals surface area contributed by atoms with E-state index in [9.17, 15) is 4.79 Å². The molecule has 0 aliphatic rings. The minimum absolute atomic E-state index is 0.0231. The summed E-state index contributed by atoms with van der Waals surface area (Å²) in [5, 5.41) is 15.6. The number of benzene rings is 1. The minimum atomic E-state index is -1.05. The average molecular weight is 177 g/mol. The normalized spacial score (nSPS) is 10.5. The second-order valence-electron chi connectivity index (χ2n) is 2.68. The number of nitrogens with zero attached hydrogens (tertiary/aromatic N) is 1. The number of H-pyrrole nitrogens is 1. The fraction of sp³-hybridized carbons (Fsp3) is 0. The Bertz CT molecular complexity index is 475. The summed E-state index contributed by atoms with van der Waals surface area (Å²) in [6.07, 6.45) is 0. The standard InChI is InChI=1S/C8H7N3O2/c9-4-1-2-5-6(3-4)10-11-7(5)8(12)13/h1-3H,9H2,(H,10,11)(H,12,13). The van der Waals surface area contributed by atoms with Crippen LogP contribution in [0.1, 0.15) is 10.5 Å². The summed E-state index contributed by atoms with van der Waals surface area (Å²) < 4.78 is 0. The molecule has 0 bridgehead atoms. The number of carboxylic acids is 1. The Balaban J connectivity index is 2.76. The van der Waals surface area contributed by atoms with Crippen LogP contribution in [-0.4, -0.2) is 21.3 Å². The topological polar surface area (TPSA) is 92.0 Å². The van der Waals surface area contributed by atoms with Crippen LogP contribution in [0.5, 0.6) is 0 Å². The molecule has 0 amide bonds. The van der Waals surface area contributed by atoms with Crippen molar-refractivity contribution < 1.29 is 9.90 Å². The smallest absolute Gasteiger partial charge is 0.357 e. The number of rotatable bonds is 1. The fourth-order valence-corrected chi connectivity index (χ4v) is 1.20. The van der Waals surface area contributed by atoms with Crippen molar-refractivity contribution >= 4 is 22.6 Å². The summed E-state index contributed by atoms with van der Waals surface area (Å²) in [5.74, 6) is -1.05. The number of hydrogen-bond donors (Lipinski definition) is 3. The summed E-state index contributed by atoms with van der Waals surface area (Å²) in [6, 6.07) is 4.93. The van der Waals surface area contributed by atoms with Crippen molar-refractivity contribution in [2.45, 2.75) is 0 Å². The summed E-state index contributed by atoms with van der Waals surface area (Å²) in [4.78, 5) is 10.6. The molecule has 2 rings (SSSR count). The van der Waals surface area contributed by atoms with Crippen molar-refractivity contribution in [1.82, 2.24) is 10.2 Å². The van der Waals surface area contributed by atoms with Crippen molar-refractivity contribution in [1.29, 1.82) is 0 Å². The molecule has 5 heteroatoms. The maximum Gasteiger partial charge on any atom is 0.357 e. The van der Waals surface area contributed by atoms with Crippen LogP contribution in [0.4, 0.5) is 5.69 Å². The first-order chi connectivity index (χ1) is 6.18. The van der Waals surface area contributed by atoms with Crippen LogP contribution in [0.2, 0.25) is 0 Å². The van der Waals surface area contributed by atoms with Gasteiger partial charge in [-0.2, -0.15) is 5.10 Å². The van der Waals surface area contributed by atoms with Crippen molar-refractivity contribution in [2.75, 3.05) is 5.73 Å². The lowest BCUT2D eigenvalue weighted by Gasteiger charge is -1.92. The van der Waals surface area contributed by atoms with Crippen LogP contribution < -0.4 is 5.73 Å². The van der Waals surface area contributed by atoms with Gasteiger partial charge in [0, 0.05) is 11.1 Å². The number of nitrogens with two attached hydrogens (primary N) is 1. The van der Waals surface area contributed by atoms with Crippen LogP contribution in [0.15, 0.2) is 18.2 Å². The Morgan fingerprint density at radius 1 is 1.54 bits per heavy atom. The van der Waals surface area contributed by atoms with Gasteiger partial charge in [-0.3, -0.25) is 5.10 Å². The molecule has 1 aromatic heterocycles. The number of anilines is 1. The third-order valence-electron chi connectivity index (χ3n) is 1.79. The van der Waals surface area contributed by atoms with E-state index in [1.165, 1.54) is 0 Å². The molecule has 0 aliphatic heterocycles. The molecule has 0 spiro atoms. The number of aromatic carboxylic acids is 1. The fourth-order valence-electron chi connectivity index (χ4n) is 1.20. The maximum atomic E-state index is 10.6. The Hall–Kier alpha value is -2.04. The minimum Gasteiger partial charge on any atom is -0.476 e. The lowest BCUT2D eigenvalue weighted by molar-refractivity contribution is 0.0692. The third kappa shape index (κ3) is 1.10. The van der Waals surface area contributed by atoms with Gasteiger partial charge in [-0.25, -0.2) is 4.79 Å². The SMILES string of the molecule is Nc1ccc2c(C(=O)O)n[nH]c2c1. The number of nitrogens with one attached hydrogen (secondary N) is 1. The van der Waals surface area contributed by atoms with Crippen LogP contribution in [0.3, 0.4) is 0 Å². The van der Waals surface area contributed by atoms with Crippen LogP contribution in [-0.2, 0) is 0 Å². The Morgan fingerprint density at radius 3 is 3.00 bits per heavy atom. The second kappa shape index (κ2) is 2.48. The molecule has 0 radical (unpaired) electrons. The molecule has 13 heavy (non-hydrogen) atoms. The highest BCUT2D eigenvalue weighted by Gasteiger charge is 2.11. The van der Waals surface area contributed by atoms with E-state index in [4.69, 9.17) is 10.8 Å². The highest BCUT2D eigenvalue weighted by atomic mass is 16.4. The van der Waals surface area contributed by atoms with Gasteiger partial charge in [0.15, 0.2) is 5.69 Å². The number of aromatic amines is 1. The van der Waals surface area contributed by atoms with Crippen LogP contribution in [0, 0.1) is 0 Å². The van der Waals surface area contributed by atoms with E-state index in [0.29, 0.717) is 16.6 Å². The van der Waals surface area contributed by atoms with Gasteiger partial charge in [0.2, 0.25) is 0 Å². The summed E-state index contributed by atoms with van der Waals surface area (Å²) in [7, 11) is 0. The molecule has 2 aromatic rings. The molecule has 1 heterocycles. The van der Waals surface area contributed by atoms with Gasteiger partial charge in [-0.15, -0.1) is 0 Å². The Labute approximate surface area is 73.2 Å². The van der Waals surface area contributed by atoms with Gasteiger partial charge in [0.1, 0.15) is 0 Å². The number of hydrogen-bond acceptors (Lipinski definition) is 3. The van der Waals surface area contributed by atoms with E-state index >= 15 is 0 Å². The van der Waals surface area contributed by atoms with E-state index in [2.05, 4.69) is 10.2 Å².